The van der Waals surface area contributed by atoms with Gasteiger partial charge in [0, 0.05) is 5.92 Å². The lowest BCUT2D eigenvalue weighted by Gasteiger charge is -2.30. The van der Waals surface area contributed by atoms with E-state index in [1.165, 1.54) is 0 Å². The highest BCUT2D eigenvalue weighted by Gasteiger charge is 2.29. The van der Waals surface area contributed by atoms with Gasteiger partial charge in [-0.05, 0) is 48.1 Å². The van der Waals surface area contributed by atoms with Gasteiger partial charge in [-0.1, -0.05) is 50.3 Å². The second-order valence-corrected chi connectivity index (χ2v) is 7.36. The highest BCUT2D eigenvalue weighted by Crippen LogP contribution is 2.39. The van der Waals surface area contributed by atoms with Gasteiger partial charge in [0.25, 0.3) is 6.43 Å². The lowest BCUT2D eigenvalue weighted by Crippen LogP contribution is -2.21. The number of hydrogen-bond acceptors (Lipinski definition) is 2. The van der Waals surface area contributed by atoms with E-state index in [4.69, 9.17) is 9.47 Å². The molecule has 29 heavy (non-hydrogen) atoms. The summed E-state index contributed by atoms with van der Waals surface area (Å²) in [7, 11) is 0. The van der Waals surface area contributed by atoms with Gasteiger partial charge in [-0.25, -0.2) is 13.2 Å². The molecule has 0 aliphatic carbocycles. The quantitative estimate of drug-likeness (QED) is 0.445. The summed E-state index contributed by atoms with van der Waals surface area (Å²) in [4.78, 5) is 0. The predicted molar refractivity (Wildman–Crippen MR) is 108 cm³/mol. The predicted octanol–water partition coefficient (Wildman–Crippen LogP) is 6.92. The molecule has 1 fully saturated rings. The van der Waals surface area contributed by atoms with Gasteiger partial charge in [0.2, 0.25) is 0 Å². The molecule has 156 valence electrons. The Hall–Kier alpha value is -2.27. The molecule has 1 saturated heterocycles. The van der Waals surface area contributed by atoms with Crippen molar-refractivity contribution in [2.24, 2.45) is 0 Å². The molecule has 2 atom stereocenters. The molecular weight excluding hydrogens is 377 g/mol. The molecule has 0 radical (unpaired) electrons. The van der Waals surface area contributed by atoms with Crippen LogP contribution in [-0.4, -0.2) is 13.2 Å². The van der Waals surface area contributed by atoms with E-state index >= 15 is 0 Å². The van der Waals surface area contributed by atoms with Gasteiger partial charge in [-0.3, -0.25) is 0 Å². The zero-order chi connectivity index (χ0) is 20.8. The van der Waals surface area contributed by atoms with Crippen LogP contribution in [0.15, 0.2) is 49.1 Å². The molecule has 2 aromatic carbocycles. The van der Waals surface area contributed by atoms with Crippen molar-refractivity contribution in [3.63, 3.8) is 0 Å². The van der Waals surface area contributed by atoms with Crippen molar-refractivity contribution in [3.8, 4) is 5.75 Å². The van der Waals surface area contributed by atoms with E-state index in [-0.39, 0.29) is 12.0 Å². The van der Waals surface area contributed by atoms with Gasteiger partial charge in [0.1, 0.15) is 18.2 Å². The zero-order valence-corrected chi connectivity index (χ0v) is 16.7. The summed E-state index contributed by atoms with van der Waals surface area (Å²) in [5.41, 5.74) is 1.33. The van der Waals surface area contributed by atoms with Crippen molar-refractivity contribution in [3.05, 3.63) is 77.1 Å². The first-order valence-corrected chi connectivity index (χ1v) is 10.1. The summed E-state index contributed by atoms with van der Waals surface area (Å²) in [5.74, 6) is -0.215. The standard InChI is InChI=1S/C24H27F3O2/c1-3-5-17-8-12-20(23(25)22(17)24(26)27)18-9-13-21(29-15-18)16-6-10-19(11-7-16)28-14-4-2/h4,6-8,10-12,18,21,24H,2-3,5,9,13-15H2,1H3. The highest BCUT2D eigenvalue weighted by molar-refractivity contribution is 5.37. The lowest BCUT2D eigenvalue weighted by molar-refractivity contribution is 0.00156. The van der Waals surface area contributed by atoms with E-state index in [0.717, 1.165) is 11.3 Å². The van der Waals surface area contributed by atoms with Crippen molar-refractivity contribution in [2.75, 3.05) is 13.2 Å². The number of rotatable bonds is 8. The first-order valence-electron chi connectivity index (χ1n) is 10.1. The van der Waals surface area contributed by atoms with Crippen LogP contribution in [0.5, 0.6) is 5.75 Å². The summed E-state index contributed by atoms with van der Waals surface area (Å²) in [6.07, 6.45) is 1.33. The molecule has 3 rings (SSSR count). The topological polar surface area (TPSA) is 18.5 Å². The fourth-order valence-electron chi connectivity index (χ4n) is 3.88. The minimum Gasteiger partial charge on any atom is -0.490 e. The number of halogens is 3. The maximum atomic E-state index is 14.9. The average molecular weight is 404 g/mol. The fraction of sp³-hybridized carbons (Fsp3) is 0.417. The number of ether oxygens (including phenoxy) is 2. The van der Waals surface area contributed by atoms with Crippen LogP contribution in [0.3, 0.4) is 0 Å². The Kier molecular flexibility index (Phi) is 7.37. The summed E-state index contributed by atoms with van der Waals surface area (Å²) < 4.78 is 53.3. The Morgan fingerprint density at radius 3 is 2.52 bits per heavy atom. The number of aryl methyl sites for hydroxylation is 1. The molecule has 2 nitrogen and oxygen atoms in total. The maximum absolute atomic E-state index is 14.9. The van der Waals surface area contributed by atoms with Crippen molar-refractivity contribution in [2.45, 2.75) is 51.1 Å². The van der Waals surface area contributed by atoms with Crippen molar-refractivity contribution < 1.29 is 22.6 Å². The molecule has 0 N–H and O–H groups in total. The third-order valence-corrected chi connectivity index (χ3v) is 5.37. The van der Waals surface area contributed by atoms with E-state index in [2.05, 4.69) is 6.58 Å². The van der Waals surface area contributed by atoms with Gasteiger partial charge >= 0.3 is 0 Å². The second-order valence-electron chi connectivity index (χ2n) is 7.36. The molecule has 0 saturated carbocycles. The minimum atomic E-state index is -2.81. The van der Waals surface area contributed by atoms with Crippen molar-refractivity contribution >= 4 is 0 Å². The van der Waals surface area contributed by atoms with Crippen molar-refractivity contribution in [1.82, 2.24) is 0 Å². The number of alkyl halides is 2. The Bertz CT molecular complexity index is 810. The zero-order valence-electron chi connectivity index (χ0n) is 16.7. The fourth-order valence-corrected chi connectivity index (χ4v) is 3.88. The third kappa shape index (κ3) is 5.02. The molecule has 1 aliphatic heterocycles. The molecule has 5 heteroatoms. The molecule has 0 amide bonds. The molecule has 0 bridgehead atoms. The Labute approximate surface area is 170 Å². The van der Waals surface area contributed by atoms with Gasteiger partial charge in [-0.2, -0.15) is 0 Å². The van der Waals surface area contributed by atoms with E-state index in [1.807, 2.05) is 31.2 Å². The van der Waals surface area contributed by atoms with Gasteiger partial charge < -0.3 is 9.47 Å². The first kappa shape index (κ1) is 21.4. The van der Waals surface area contributed by atoms with Crippen LogP contribution >= 0.6 is 0 Å². The maximum Gasteiger partial charge on any atom is 0.266 e. The second kappa shape index (κ2) is 9.97. The van der Waals surface area contributed by atoms with Crippen LogP contribution in [-0.2, 0) is 11.2 Å². The normalized spacial score (nSPS) is 19.3. The highest BCUT2D eigenvalue weighted by atomic mass is 19.3. The number of hydrogen-bond donors (Lipinski definition) is 0. The van der Waals surface area contributed by atoms with Crippen LogP contribution in [0, 0.1) is 5.82 Å². The van der Waals surface area contributed by atoms with Crippen LogP contribution in [0.2, 0.25) is 0 Å². The van der Waals surface area contributed by atoms with Crippen molar-refractivity contribution in [1.29, 1.82) is 0 Å². The average Bonchev–Trinajstić information content (AvgIpc) is 2.73. The van der Waals surface area contributed by atoms with Crippen LogP contribution in [0.4, 0.5) is 13.2 Å². The Balaban J connectivity index is 1.69. The first-order chi connectivity index (χ1) is 14.0. The van der Waals surface area contributed by atoms with Crippen LogP contribution in [0.1, 0.15) is 66.9 Å². The Morgan fingerprint density at radius 1 is 1.17 bits per heavy atom. The number of benzene rings is 2. The molecule has 0 spiro atoms. The largest absolute Gasteiger partial charge is 0.490 e. The lowest BCUT2D eigenvalue weighted by atomic mass is 9.87. The molecular formula is C24H27F3O2. The van der Waals surface area contributed by atoms with Gasteiger partial charge in [0.15, 0.2) is 0 Å². The van der Waals surface area contributed by atoms with E-state index in [9.17, 15) is 13.2 Å². The summed E-state index contributed by atoms with van der Waals surface area (Å²) in [6.45, 7) is 6.28. The van der Waals surface area contributed by atoms with E-state index in [0.29, 0.717) is 50.0 Å². The van der Waals surface area contributed by atoms with Crippen LogP contribution in [0.25, 0.3) is 0 Å². The molecule has 2 aromatic rings. The van der Waals surface area contributed by atoms with Crippen LogP contribution < -0.4 is 4.74 Å². The molecule has 0 aromatic heterocycles. The van der Waals surface area contributed by atoms with E-state index < -0.39 is 17.8 Å². The summed E-state index contributed by atoms with van der Waals surface area (Å²) >= 11 is 0. The third-order valence-electron chi connectivity index (χ3n) is 5.37. The van der Waals surface area contributed by atoms with Gasteiger partial charge in [-0.15, -0.1) is 0 Å². The molecule has 1 aliphatic rings. The summed E-state index contributed by atoms with van der Waals surface area (Å²) in [5, 5.41) is 0. The Morgan fingerprint density at radius 2 is 1.93 bits per heavy atom. The summed E-state index contributed by atoms with van der Waals surface area (Å²) in [6, 6.07) is 11.0. The monoisotopic (exact) mass is 404 g/mol. The smallest absolute Gasteiger partial charge is 0.266 e. The van der Waals surface area contributed by atoms with E-state index in [1.54, 1.807) is 18.2 Å². The molecule has 2 unspecified atom stereocenters. The minimum absolute atomic E-state index is 0.0864. The molecule has 1 heterocycles. The SMILES string of the molecule is C=CCOc1ccc(C2CCC(c3ccc(CCC)c(C(F)F)c3F)CO2)cc1. The van der Waals surface area contributed by atoms with Gasteiger partial charge in [0.05, 0.1) is 18.3 Å².